The van der Waals surface area contributed by atoms with Crippen LogP contribution in [0.25, 0.3) is 21.9 Å². The molecule has 1 atom stereocenters. The first-order valence-electron chi connectivity index (χ1n) is 11.0. The van der Waals surface area contributed by atoms with E-state index in [0.717, 1.165) is 23.9 Å². The van der Waals surface area contributed by atoms with E-state index in [4.69, 9.17) is 4.42 Å². The average Bonchev–Trinajstić information content (AvgIpc) is 3.16. The van der Waals surface area contributed by atoms with E-state index in [1.165, 1.54) is 38.4 Å². The Labute approximate surface area is 176 Å². The third-order valence-corrected chi connectivity index (χ3v) is 6.11. The molecule has 1 aliphatic rings. The normalized spacial score (nSPS) is 17.6. The van der Waals surface area contributed by atoms with E-state index >= 15 is 0 Å². The predicted octanol–water partition coefficient (Wildman–Crippen LogP) is 3.22. The van der Waals surface area contributed by atoms with Gasteiger partial charge in [0, 0.05) is 24.5 Å². The molecular formula is C23H30N4O3. The van der Waals surface area contributed by atoms with Gasteiger partial charge in [0.2, 0.25) is 5.91 Å². The molecule has 1 fully saturated rings. The van der Waals surface area contributed by atoms with Gasteiger partial charge in [-0.15, -0.1) is 0 Å². The number of piperidine rings is 1. The molecule has 1 unspecified atom stereocenters. The number of amides is 1. The summed E-state index contributed by atoms with van der Waals surface area (Å²) >= 11 is 0. The Bertz CT molecular complexity index is 1100. The van der Waals surface area contributed by atoms with Crippen LogP contribution in [-0.2, 0) is 11.3 Å². The van der Waals surface area contributed by atoms with Crippen LogP contribution in [0.4, 0.5) is 0 Å². The highest BCUT2D eigenvalue weighted by Crippen LogP contribution is 2.24. The summed E-state index contributed by atoms with van der Waals surface area (Å²) in [4.78, 5) is 27.4. The monoisotopic (exact) mass is 410 g/mol. The van der Waals surface area contributed by atoms with Gasteiger partial charge >= 0.3 is 5.63 Å². The lowest BCUT2D eigenvalue weighted by molar-refractivity contribution is -0.121. The molecule has 1 amide bonds. The van der Waals surface area contributed by atoms with Crippen LogP contribution in [0.3, 0.4) is 0 Å². The quantitative estimate of drug-likeness (QED) is 0.478. The minimum absolute atomic E-state index is 0.0806. The zero-order valence-electron chi connectivity index (χ0n) is 17.8. The van der Waals surface area contributed by atoms with Crippen LogP contribution in [0.2, 0.25) is 0 Å². The first kappa shape index (κ1) is 20.6. The standard InChI is InChI=1S/C23H30N4O3/c1-3-17-7-4-5-11-26(17)12-6-10-24-21(28)15-27-22-18-13-16(2)8-9-20(18)30-23(29)19(22)14-25-27/h8-9,13-14,17H,3-7,10-12,15H2,1-2H3,(H,24,28). The molecule has 160 valence electrons. The number of hydrogen-bond donors (Lipinski definition) is 1. The fourth-order valence-corrected chi connectivity index (χ4v) is 4.53. The summed E-state index contributed by atoms with van der Waals surface area (Å²) in [6, 6.07) is 6.33. The van der Waals surface area contributed by atoms with Crippen molar-refractivity contribution in [3.8, 4) is 0 Å². The number of aryl methyl sites for hydroxylation is 1. The minimum Gasteiger partial charge on any atom is -0.422 e. The van der Waals surface area contributed by atoms with Crippen LogP contribution < -0.4 is 10.9 Å². The van der Waals surface area contributed by atoms with Crippen LogP contribution in [0.15, 0.2) is 33.6 Å². The number of benzene rings is 1. The first-order valence-corrected chi connectivity index (χ1v) is 11.0. The molecule has 30 heavy (non-hydrogen) atoms. The van der Waals surface area contributed by atoms with Crippen molar-refractivity contribution in [1.82, 2.24) is 20.0 Å². The molecule has 2 aromatic heterocycles. The van der Waals surface area contributed by atoms with Crippen LogP contribution in [0.5, 0.6) is 0 Å². The maximum Gasteiger partial charge on any atom is 0.347 e. The van der Waals surface area contributed by atoms with Crippen LogP contribution in [0.1, 0.15) is 44.6 Å². The second-order valence-corrected chi connectivity index (χ2v) is 8.25. The van der Waals surface area contributed by atoms with Crippen molar-refractivity contribution < 1.29 is 9.21 Å². The Morgan fingerprint density at radius 2 is 2.17 bits per heavy atom. The third kappa shape index (κ3) is 4.26. The Morgan fingerprint density at radius 1 is 1.30 bits per heavy atom. The van der Waals surface area contributed by atoms with E-state index in [-0.39, 0.29) is 12.5 Å². The molecule has 0 spiro atoms. The molecule has 3 heterocycles. The number of fused-ring (bicyclic) bond motifs is 3. The molecule has 0 bridgehead atoms. The molecule has 1 aliphatic heterocycles. The Hall–Kier alpha value is -2.67. The number of hydrogen-bond acceptors (Lipinski definition) is 5. The molecule has 4 rings (SSSR count). The van der Waals surface area contributed by atoms with E-state index in [1.807, 2.05) is 19.1 Å². The number of rotatable bonds is 7. The fraction of sp³-hybridized carbons (Fsp3) is 0.522. The summed E-state index contributed by atoms with van der Waals surface area (Å²) in [7, 11) is 0. The zero-order chi connectivity index (χ0) is 21.1. The van der Waals surface area contributed by atoms with Gasteiger partial charge in [0.25, 0.3) is 0 Å². The highest BCUT2D eigenvalue weighted by atomic mass is 16.4. The Balaban J connectivity index is 1.40. The molecule has 1 N–H and O–H groups in total. The summed E-state index contributed by atoms with van der Waals surface area (Å²) in [5, 5.41) is 8.49. The largest absolute Gasteiger partial charge is 0.422 e. The van der Waals surface area contributed by atoms with Gasteiger partial charge in [-0.25, -0.2) is 4.79 Å². The number of carbonyl (C=O) groups is 1. The summed E-state index contributed by atoms with van der Waals surface area (Å²) < 4.78 is 6.99. The lowest BCUT2D eigenvalue weighted by atomic mass is 10.00. The number of carbonyl (C=O) groups excluding carboxylic acids is 1. The Kier molecular flexibility index (Phi) is 6.18. The molecule has 7 nitrogen and oxygen atoms in total. The van der Waals surface area contributed by atoms with Crippen LogP contribution in [-0.4, -0.2) is 46.3 Å². The van der Waals surface area contributed by atoms with E-state index in [1.54, 1.807) is 10.7 Å². The topological polar surface area (TPSA) is 80.4 Å². The number of nitrogens with one attached hydrogen (secondary N) is 1. The maximum absolute atomic E-state index is 12.5. The van der Waals surface area contributed by atoms with Crippen molar-refractivity contribution in [3.05, 3.63) is 40.4 Å². The number of likely N-dealkylation sites (tertiary alicyclic amines) is 1. The van der Waals surface area contributed by atoms with E-state index in [9.17, 15) is 9.59 Å². The van der Waals surface area contributed by atoms with Gasteiger partial charge in [-0.1, -0.05) is 25.0 Å². The smallest absolute Gasteiger partial charge is 0.347 e. The summed E-state index contributed by atoms with van der Waals surface area (Å²) in [6.07, 6.45) is 7.51. The summed E-state index contributed by atoms with van der Waals surface area (Å²) in [5.41, 5.74) is 1.78. The minimum atomic E-state index is -0.431. The van der Waals surface area contributed by atoms with E-state index < -0.39 is 5.63 Å². The predicted molar refractivity (Wildman–Crippen MR) is 118 cm³/mol. The highest BCUT2D eigenvalue weighted by molar-refractivity contribution is 6.02. The van der Waals surface area contributed by atoms with Crippen molar-refractivity contribution in [2.24, 2.45) is 0 Å². The zero-order valence-corrected chi connectivity index (χ0v) is 17.8. The van der Waals surface area contributed by atoms with Crippen molar-refractivity contribution in [1.29, 1.82) is 0 Å². The van der Waals surface area contributed by atoms with Gasteiger partial charge in [0.15, 0.2) is 0 Å². The van der Waals surface area contributed by atoms with Crippen LogP contribution >= 0.6 is 0 Å². The average molecular weight is 411 g/mol. The molecule has 0 aliphatic carbocycles. The molecule has 0 saturated carbocycles. The molecule has 7 heteroatoms. The summed E-state index contributed by atoms with van der Waals surface area (Å²) in [5.74, 6) is -0.0975. The number of aromatic nitrogens is 2. The van der Waals surface area contributed by atoms with Crippen molar-refractivity contribution in [3.63, 3.8) is 0 Å². The third-order valence-electron chi connectivity index (χ3n) is 6.11. The second kappa shape index (κ2) is 9.00. The van der Waals surface area contributed by atoms with Crippen molar-refractivity contribution >= 4 is 27.8 Å². The van der Waals surface area contributed by atoms with Crippen molar-refractivity contribution in [2.45, 2.75) is 58.5 Å². The Morgan fingerprint density at radius 3 is 3.00 bits per heavy atom. The molecular weight excluding hydrogens is 380 g/mol. The van der Waals surface area contributed by atoms with Crippen LogP contribution in [0, 0.1) is 6.92 Å². The first-order chi connectivity index (χ1) is 14.6. The molecule has 1 aromatic carbocycles. The van der Waals surface area contributed by atoms with Gasteiger partial charge in [0.05, 0.1) is 11.7 Å². The van der Waals surface area contributed by atoms with Gasteiger partial charge in [-0.05, 0) is 51.3 Å². The lowest BCUT2D eigenvalue weighted by Gasteiger charge is -2.35. The number of nitrogens with zero attached hydrogens (tertiary/aromatic N) is 3. The maximum atomic E-state index is 12.5. The summed E-state index contributed by atoms with van der Waals surface area (Å²) in [6.45, 7) is 7.15. The van der Waals surface area contributed by atoms with Crippen molar-refractivity contribution in [2.75, 3.05) is 19.6 Å². The molecule has 0 radical (unpaired) electrons. The highest BCUT2D eigenvalue weighted by Gasteiger charge is 2.20. The lowest BCUT2D eigenvalue weighted by Crippen LogP contribution is -2.40. The van der Waals surface area contributed by atoms with Gasteiger partial charge < -0.3 is 14.6 Å². The van der Waals surface area contributed by atoms with Gasteiger partial charge in [0.1, 0.15) is 17.5 Å². The van der Waals surface area contributed by atoms with Gasteiger partial charge in [-0.3, -0.25) is 9.48 Å². The fourth-order valence-electron chi connectivity index (χ4n) is 4.53. The van der Waals surface area contributed by atoms with E-state index in [0.29, 0.717) is 29.1 Å². The second-order valence-electron chi connectivity index (χ2n) is 8.25. The van der Waals surface area contributed by atoms with E-state index in [2.05, 4.69) is 22.2 Å². The SMILES string of the molecule is CCC1CCCCN1CCCNC(=O)Cn1ncc2c(=O)oc3ccc(C)cc3c21. The van der Waals surface area contributed by atoms with Gasteiger partial charge in [-0.2, -0.15) is 5.10 Å². The molecule has 1 saturated heterocycles. The molecule has 3 aromatic rings.